The second-order valence-electron chi connectivity index (χ2n) is 22.0. The average molecular weight is 1080 g/mol. The minimum absolute atomic E-state index is 0.0301. The molecular formula is C66H118NO8P. The van der Waals surface area contributed by atoms with E-state index in [2.05, 4.69) is 98.9 Å². The van der Waals surface area contributed by atoms with Crippen molar-refractivity contribution in [2.75, 3.05) is 47.5 Å². The van der Waals surface area contributed by atoms with Gasteiger partial charge in [-0.1, -0.05) is 272 Å². The summed E-state index contributed by atoms with van der Waals surface area (Å²) in [5.74, 6) is -0.826. The highest BCUT2D eigenvalue weighted by molar-refractivity contribution is 7.45. The van der Waals surface area contributed by atoms with Crippen LogP contribution in [0, 0.1) is 0 Å². The minimum atomic E-state index is -4.63. The van der Waals surface area contributed by atoms with Crippen LogP contribution in [0.25, 0.3) is 0 Å². The maximum atomic E-state index is 12.8. The van der Waals surface area contributed by atoms with E-state index in [0.717, 1.165) is 83.5 Å². The van der Waals surface area contributed by atoms with Crippen molar-refractivity contribution < 1.29 is 42.1 Å². The summed E-state index contributed by atoms with van der Waals surface area (Å²) in [6.45, 7) is 4.13. The fourth-order valence-electron chi connectivity index (χ4n) is 8.64. The van der Waals surface area contributed by atoms with E-state index < -0.39 is 26.5 Å². The molecule has 0 aromatic rings. The van der Waals surface area contributed by atoms with E-state index in [9.17, 15) is 19.0 Å². The number of esters is 2. The van der Waals surface area contributed by atoms with Gasteiger partial charge in [-0.25, -0.2) is 0 Å². The highest BCUT2D eigenvalue weighted by Crippen LogP contribution is 2.38. The van der Waals surface area contributed by atoms with Gasteiger partial charge in [0.05, 0.1) is 27.7 Å². The minimum Gasteiger partial charge on any atom is -0.756 e. The predicted octanol–water partition coefficient (Wildman–Crippen LogP) is 19.2. The Morgan fingerprint density at radius 2 is 0.750 bits per heavy atom. The number of carbonyl (C=O) groups is 2. The van der Waals surface area contributed by atoms with Crippen LogP contribution in [0.5, 0.6) is 0 Å². The maximum absolute atomic E-state index is 12.8. The van der Waals surface area contributed by atoms with E-state index in [0.29, 0.717) is 17.4 Å². The van der Waals surface area contributed by atoms with Crippen LogP contribution in [-0.2, 0) is 32.7 Å². The highest BCUT2D eigenvalue weighted by Gasteiger charge is 2.22. The van der Waals surface area contributed by atoms with Gasteiger partial charge < -0.3 is 27.9 Å². The highest BCUT2D eigenvalue weighted by atomic mass is 31.2. The van der Waals surface area contributed by atoms with Crippen LogP contribution >= 0.6 is 7.82 Å². The third kappa shape index (κ3) is 60.4. The smallest absolute Gasteiger partial charge is 0.306 e. The van der Waals surface area contributed by atoms with Crippen LogP contribution in [-0.4, -0.2) is 70.0 Å². The van der Waals surface area contributed by atoms with Gasteiger partial charge in [0.25, 0.3) is 7.82 Å². The Kier molecular flexibility index (Phi) is 54.8. The lowest BCUT2D eigenvalue weighted by atomic mass is 10.0. The number of hydrogen-bond acceptors (Lipinski definition) is 8. The molecule has 76 heavy (non-hydrogen) atoms. The first-order valence-corrected chi connectivity index (χ1v) is 32.8. The number of nitrogens with zero attached hydrogens (tertiary/aromatic N) is 1. The fourth-order valence-corrected chi connectivity index (χ4v) is 9.37. The normalized spacial score (nSPS) is 13.8. The molecule has 0 aromatic heterocycles. The molecule has 0 spiro atoms. The molecule has 2 atom stereocenters. The number of phosphoric ester groups is 1. The summed E-state index contributed by atoms with van der Waals surface area (Å²) in [5, 5.41) is 0. The van der Waals surface area contributed by atoms with Crippen molar-refractivity contribution in [2.24, 2.45) is 0 Å². The summed E-state index contributed by atoms with van der Waals surface area (Å²) in [5.41, 5.74) is 0. The molecule has 0 aliphatic heterocycles. The predicted molar refractivity (Wildman–Crippen MR) is 323 cm³/mol. The molecule has 0 aliphatic rings. The average Bonchev–Trinajstić information content (AvgIpc) is 3.38. The molecule has 0 heterocycles. The van der Waals surface area contributed by atoms with Crippen molar-refractivity contribution in [1.82, 2.24) is 0 Å². The molecule has 9 nitrogen and oxygen atoms in total. The Balaban J connectivity index is 3.90. The van der Waals surface area contributed by atoms with Crippen molar-refractivity contribution in [3.05, 3.63) is 85.1 Å². The van der Waals surface area contributed by atoms with Gasteiger partial charge in [0, 0.05) is 12.8 Å². The molecule has 0 amide bonds. The number of hydrogen-bond donors (Lipinski definition) is 0. The van der Waals surface area contributed by atoms with Crippen molar-refractivity contribution in [3.8, 4) is 0 Å². The Labute approximate surface area is 469 Å². The van der Waals surface area contributed by atoms with Gasteiger partial charge in [0.15, 0.2) is 6.10 Å². The van der Waals surface area contributed by atoms with Crippen molar-refractivity contribution in [3.63, 3.8) is 0 Å². The van der Waals surface area contributed by atoms with Crippen molar-refractivity contribution in [2.45, 2.75) is 277 Å². The topological polar surface area (TPSA) is 111 Å². The Hall–Kier alpha value is -2.81. The number of ether oxygens (including phenoxy) is 2. The van der Waals surface area contributed by atoms with Crippen LogP contribution in [0.15, 0.2) is 85.1 Å². The summed E-state index contributed by atoms with van der Waals surface area (Å²) in [6, 6.07) is 0. The van der Waals surface area contributed by atoms with Gasteiger partial charge >= 0.3 is 11.9 Å². The second kappa shape index (κ2) is 56.9. The zero-order valence-corrected chi connectivity index (χ0v) is 50.8. The number of phosphoric acid groups is 1. The lowest BCUT2D eigenvalue weighted by molar-refractivity contribution is -0.870. The molecule has 0 bridgehead atoms. The summed E-state index contributed by atoms with van der Waals surface area (Å²) in [7, 11) is 1.17. The van der Waals surface area contributed by atoms with E-state index in [1.165, 1.54) is 154 Å². The van der Waals surface area contributed by atoms with E-state index in [-0.39, 0.29) is 32.0 Å². The Morgan fingerprint density at radius 1 is 0.421 bits per heavy atom. The van der Waals surface area contributed by atoms with Crippen LogP contribution in [0.4, 0.5) is 0 Å². The second-order valence-corrected chi connectivity index (χ2v) is 23.5. The molecule has 440 valence electrons. The summed E-state index contributed by atoms with van der Waals surface area (Å²) in [6.07, 6.45) is 76.7. The molecule has 0 N–H and O–H groups in total. The third-order valence-electron chi connectivity index (χ3n) is 13.4. The van der Waals surface area contributed by atoms with Gasteiger partial charge in [-0.05, 0) is 70.6 Å². The Morgan fingerprint density at radius 3 is 1.12 bits per heavy atom. The molecule has 0 aliphatic carbocycles. The SMILES string of the molecule is CC/C=C\C/C=C\C/C=C\C/C=C\C/C=C\C/C=C\C/C=C\CCCCCCCCCCCCCCCCCCCCCC(=O)OC(COC(=O)CCCCCCCCCCCCC)COP(=O)([O-])OCC[N+](C)(C)C. The van der Waals surface area contributed by atoms with Crippen LogP contribution in [0.2, 0.25) is 0 Å². The van der Waals surface area contributed by atoms with E-state index >= 15 is 0 Å². The standard InChI is InChI=1S/C66H118NO8P/c1-6-8-10-12-14-16-18-19-20-21-22-23-24-25-26-27-28-29-30-31-32-33-34-35-36-37-38-39-40-41-42-43-44-45-46-47-49-51-53-55-57-59-66(69)75-64(63-74-76(70,71)73-61-60-67(3,4)5)62-72-65(68)58-56-54-52-50-48-17-15-13-11-9-7-2/h8,10,14,16,19-20,22-23,25-26,28-29,31-32,64H,6-7,9,11-13,15,17-18,21,24,27,30,33-63H2,1-5H3/b10-8-,16-14-,20-19-,23-22-,26-25-,29-28-,32-31-. The van der Waals surface area contributed by atoms with Gasteiger partial charge in [-0.2, -0.15) is 0 Å². The molecular weight excluding hydrogens is 966 g/mol. The van der Waals surface area contributed by atoms with Gasteiger partial charge in [0.1, 0.15) is 19.8 Å². The first-order valence-electron chi connectivity index (χ1n) is 31.3. The third-order valence-corrected chi connectivity index (χ3v) is 14.4. The first kappa shape index (κ1) is 73.2. The Bertz CT molecular complexity index is 1560. The molecule has 10 heteroatoms. The van der Waals surface area contributed by atoms with Crippen LogP contribution < -0.4 is 4.89 Å². The number of allylic oxidation sites excluding steroid dienone is 14. The fraction of sp³-hybridized carbons (Fsp3) is 0.758. The number of carbonyl (C=O) groups excluding carboxylic acids is 2. The van der Waals surface area contributed by atoms with Gasteiger partial charge in [0.2, 0.25) is 0 Å². The van der Waals surface area contributed by atoms with Crippen molar-refractivity contribution >= 4 is 19.8 Å². The summed E-state index contributed by atoms with van der Waals surface area (Å²) >= 11 is 0. The number of rotatable bonds is 57. The van der Waals surface area contributed by atoms with Gasteiger partial charge in [-0.3, -0.25) is 14.2 Å². The molecule has 2 unspecified atom stereocenters. The molecule has 0 saturated carbocycles. The number of quaternary nitrogens is 1. The summed E-state index contributed by atoms with van der Waals surface area (Å²) in [4.78, 5) is 37.7. The lowest BCUT2D eigenvalue weighted by Crippen LogP contribution is -2.37. The van der Waals surface area contributed by atoms with E-state index in [1.807, 2.05) is 21.1 Å². The van der Waals surface area contributed by atoms with Crippen LogP contribution in [0.3, 0.4) is 0 Å². The summed E-state index contributed by atoms with van der Waals surface area (Å²) < 4.78 is 34.1. The van der Waals surface area contributed by atoms with E-state index in [4.69, 9.17) is 18.5 Å². The first-order chi connectivity index (χ1) is 37.0. The monoisotopic (exact) mass is 1080 g/mol. The molecule has 0 radical (unpaired) electrons. The van der Waals surface area contributed by atoms with Gasteiger partial charge in [-0.15, -0.1) is 0 Å². The quantitative estimate of drug-likeness (QED) is 0.0195. The number of likely N-dealkylation sites (N-methyl/N-ethyl adjacent to an activating group) is 1. The number of unbranched alkanes of at least 4 members (excludes halogenated alkanes) is 29. The van der Waals surface area contributed by atoms with Crippen LogP contribution in [0.1, 0.15) is 271 Å². The van der Waals surface area contributed by atoms with E-state index in [1.54, 1.807) is 0 Å². The maximum Gasteiger partial charge on any atom is 0.306 e. The molecule has 0 fully saturated rings. The zero-order chi connectivity index (χ0) is 55.6. The molecule has 0 saturated heterocycles. The molecule has 0 aromatic carbocycles. The lowest BCUT2D eigenvalue weighted by Gasteiger charge is -2.28. The largest absolute Gasteiger partial charge is 0.756 e. The zero-order valence-electron chi connectivity index (χ0n) is 49.9. The molecule has 0 rings (SSSR count). The van der Waals surface area contributed by atoms with Crippen molar-refractivity contribution in [1.29, 1.82) is 0 Å².